The van der Waals surface area contributed by atoms with E-state index >= 15 is 0 Å². The van der Waals surface area contributed by atoms with E-state index in [9.17, 15) is 4.79 Å². The number of amides is 1. The number of carbonyl (C=O) groups is 1. The number of benzene rings is 1. The molecule has 1 aliphatic heterocycles. The Bertz CT molecular complexity index is 712. The third-order valence-corrected chi connectivity index (χ3v) is 5.13. The first-order valence-electron chi connectivity index (χ1n) is 9.11. The minimum Gasteiger partial charge on any atom is -0.355 e. The summed E-state index contributed by atoms with van der Waals surface area (Å²) in [5.74, 6) is 0.0909. The van der Waals surface area contributed by atoms with Gasteiger partial charge in [0.2, 0.25) is 5.91 Å². The number of nitrogens with one attached hydrogen (secondary N) is 1. The Morgan fingerprint density at radius 2 is 2.04 bits per heavy atom. The molecule has 4 nitrogen and oxygen atoms in total. The van der Waals surface area contributed by atoms with Gasteiger partial charge < -0.3 is 9.88 Å². The molecule has 1 aromatic heterocycles. The summed E-state index contributed by atoms with van der Waals surface area (Å²) >= 11 is 6.47. The van der Waals surface area contributed by atoms with Crippen molar-refractivity contribution in [3.8, 4) is 0 Å². The van der Waals surface area contributed by atoms with Crippen LogP contribution in [0.5, 0.6) is 0 Å². The van der Waals surface area contributed by atoms with E-state index in [-0.39, 0.29) is 11.9 Å². The monoisotopic (exact) mass is 359 g/mol. The predicted molar refractivity (Wildman–Crippen MR) is 102 cm³/mol. The van der Waals surface area contributed by atoms with Crippen LogP contribution in [-0.2, 0) is 11.3 Å². The molecule has 0 saturated carbocycles. The van der Waals surface area contributed by atoms with Gasteiger partial charge in [0.05, 0.1) is 12.6 Å². The second-order valence-electron chi connectivity index (χ2n) is 6.58. The van der Waals surface area contributed by atoms with E-state index in [4.69, 9.17) is 11.6 Å². The van der Waals surface area contributed by atoms with Gasteiger partial charge in [-0.25, -0.2) is 0 Å². The van der Waals surface area contributed by atoms with Crippen LogP contribution in [0.4, 0.5) is 0 Å². The number of fused-ring (bicyclic) bond motifs is 1. The van der Waals surface area contributed by atoms with E-state index in [1.165, 1.54) is 5.69 Å². The second kappa shape index (κ2) is 8.54. The summed E-state index contributed by atoms with van der Waals surface area (Å²) in [6.07, 6.45) is 5.45. The van der Waals surface area contributed by atoms with Gasteiger partial charge in [-0.3, -0.25) is 9.69 Å². The molecule has 1 atom stereocenters. The summed E-state index contributed by atoms with van der Waals surface area (Å²) in [4.78, 5) is 14.6. The van der Waals surface area contributed by atoms with Crippen molar-refractivity contribution in [2.75, 3.05) is 19.6 Å². The summed E-state index contributed by atoms with van der Waals surface area (Å²) < 4.78 is 2.25. The van der Waals surface area contributed by atoms with Gasteiger partial charge in [0.1, 0.15) is 0 Å². The molecule has 1 N–H and O–H groups in total. The Labute approximate surface area is 154 Å². The molecule has 0 bridgehead atoms. The molecule has 0 spiro atoms. The van der Waals surface area contributed by atoms with Crippen molar-refractivity contribution in [1.29, 1.82) is 0 Å². The predicted octanol–water partition coefficient (Wildman–Crippen LogP) is 3.85. The van der Waals surface area contributed by atoms with Crippen molar-refractivity contribution in [3.63, 3.8) is 0 Å². The van der Waals surface area contributed by atoms with Crippen LogP contribution < -0.4 is 5.32 Å². The maximum atomic E-state index is 12.4. The molecule has 0 aliphatic carbocycles. The van der Waals surface area contributed by atoms with Crippen LogP contribution in [0.15, 0.2) is 42.6 Å². The summed E-state index contributed by atoms with van der Waals surface area (Å²) in [6.45, 7) is 5.05. The van der Waals surface area contributed by atoms with Crippen molar-refractivity contribution in [3.05, 3.63) is 58.9 Å². The zero-order chi connectivity index (χ0) is 17.6. The molecule has 2 heterocycles. The van der Waals surface area contributed by atoms with Gasteiger partial charge in [-0.2, -0.15) is 0 Å². The van der Waals surface area contributed by atoms with Gasteiger partial charge in [-0.1, -0.05) is 49.6 Å². The number of hydrogen-bond acceptors (Lipinski definition) is 2. The van der Waals surface area contributed by atoms with Crippen LogP contribution in [0.25, 0.3) is 0 Å². The van der Waals surface area contributed by atoms with Crippen molar-refractivity contribution >= 4 is 17.5 Å². The third kappa shape index (κ3) is 4.25. The normalized spacial score (nSPS) is 17.3. The zero-order valence-corrected chi connectivity index (χ0v) is 15.5. The number of rotatable bonds is 7. The molecule has 3 rings (SSSR count). The van der Waals surface area contributed by atoms with Crippen LogP contribution in [-0.4, -0.2) is 35.0 Å². The highest BCUT2D eigenvalue weighted by molar-refractivity contribution is 6.31. The molecule has 1 amide bonds. The highest BCUT2D eigenvalue weighted by Crippen LogP contribution is 2.35. The van der Waals surface area contributed by atoms with Crippen molar-refractivity contribution < 1.29 is 4.79 Å². The minimum atomic E-state index is 0.0128. The molecule has 1 aliphatic rings. The SMILES string of the molecule is CCCCCNC(=O)CN1CCn2cccc2C1c1ccccc1Cl. The summed E-state index contributed by atoms with van der Waals surface area (Å²) in [7, 11) is 0. The van der Waals surface area contributed by atoms with Gasteiger partial charge >= 0.3 is 0 Å². The lowest BCUT2D eigenvalue weighted by atomic mass is 10.00. The highest BCUT2D eigenvalue weighted by Gasteiger charge is 2.31. The number of hydrogen-bond donors (Lipinski definition) is 1. The molecule has 2 aromatic rings. The van der Waals surface area contributed by atoms with E-state index in [0.29, 0.717) is 6.54 Å². The van der Waals surface area contributed by atoms with E-state index in [2.05, 4.69) is 46.1 Å². The standard InChI is InChI=1S/C20H26ClN3O/c1-2-3-6-11-22-19(25)15-24-14-13-23-12-7-10-18(23)20(24)16-8-4-5-9-17(16)21/h4-5,7-10,12,20H,2-3,6,11,13-15H2,1H3,(H,22,25). The van der Waals surface area contributed by atoms with E-state index in [1.54, 1.807) is 0 Å². The van der Waals surface area contributed by atoms with E-state index in [1.807, 2.05) is 18.2 Å². The van der Waals surface area contributed by atoms with Crippen LogP contribution in [0.1, 0.15) is 43.5 Å². The van der Waals surface area contributed by atoms with Crippen molar-refractivity contribution in [1.82, 2.24) is 14.8 Å². The Balaban J connectivity index is 1.76. The van der Waals surface area contributed by atoms with Crippen LogP contribution >= 0.6 is 11.6 Å². The largest absolute Gasteiger partial charge is 0.355 e. The number of carbonyl (C=O) groups excluding carboxylic acids is 1. The molecule has 5 heteroatoms. The smallest absolute Gasteiger partial charge is 0.234 e. The van der Waals surface area contributed by atoms with Gasteiger partial charge in [-0.05, 0) is 30.2 Å². The minimum absolute atomic E-state index is 0.0128. The van der Waals surface area contributed by atoms with Gasteiger partial charge in [0, 0.05) is 36.5 Å². The molecule has 1 aromatic carbocycles. The maximum Gasteiger partial charge on any atom is 0.234 e. The number of halogens is 1. The number of aromatic nitrogens is 1. The fourth-order valence-corrected chi connectivity index (χ4v) is 3.74. The summed E-state index contributed by atoms with van der Waals surface area (Å²) in [6, 6.07) is 12.1. The van der Waals surface area contributed by atoms with E-state index in [0.717, 1.165) is 49.5 Å². The van der Waals surface area contributed by atoms with Crippen LogP contribution in [0.2, 0.25) is 5.02 Å². The molecule has 25 heavy (non-hydrogen) atoms. The Kier molecular flexibility index (Phi) is 6.16. The molecule has 1 unspecified atom stereocenters. The topological polar surface area (TPSA) is 37.3 Å². The number of nitrogens with zero attached hydrogens (tertiary/aromatic N) is 2. The quantitative estimate of drug-likeness (QED) is 0.762. The molecule has 0 radical (unpaired) electrons. The van der Waals surface area contributed by atoms with Crippen LogP contribution in [0, 0.1) is 0 Å². The Morgan fingerprint density at radius 1 is 1.20 bits per heavy atom. The van der Waals surface area contributed by atoms with Gasteiger partial charge in [0.15, 0.2) is 0 Å². The van der Waals surface area contributed by atoms with Crippen LogP contribution in [0.3, 0.4) is 0 Å². The third-order valence-electron chi connectivity index (χ3n) is 4.79. The first kappa shape index (κ1) is 18.0. The van der Waals surface area contributed by atoms with Gasteiger partial charge in [-0.15, -0.1) is 0 Å². The lowest BCUT2D eigenvalue weighted by Gasteiger charge is -2.37. The zero-order valence-electron chi connectivity index (χ0n) is 14.7. The summed E-state index contributed by atoms with van der Waals surface area (Å²) in [5, 5.41) is 3.79. The van der Waals surface area contributed by atoms with Crippen molar-refractivity contribution in [2.45, 2.75) is 38.8 Å². The van der Waals surface area contributed by atoms with Crippen molar-refractivity contribution in [2.24, 2.45) is 0 Å². The fraction of sp³-hybridized carbons (Fsp3) is 0.450. The molecule has 0 fully saturated rings. The lowest BCUT2D eigenvalue weighted by Crippen LogP contribution is -2.44. The maximum absolute atomic E-state index is 12.4. The lowest BCUT2D eigenvalue weighted by molar-refractivity contribution is -0.122. The van der Waals surface area contributed by atoms with Gasteiger partial charge in [0.25, 0.3) is 0 Å². The number of unbranched alkanes of at least 4 members (excludes halogenated alkanes) is 2. The molecular weight excluding hydrogens is 334 g/mol. The molecular formula is C20H26ClN3O. The Hall–Kier alpha value is -1.78. The first-order chi connectivity index (χ1) is 12.2. The highest BCUT2D eigenvalue weighted by atomic mass is 35.5. The fourth-order valence-electron chi connectivity index (χ4n) is 3.50. The first-order valence-corrected chi connectivity index (χ1v) is 9.48. The van der Waals surface area contributed by atoms with E-state index < -0.39 is 0 Å². The molecule has 134 valence electrons. The molecule has 0 saturated heterocycles. The average Bonchev–Trinajstić information content (AvgIpc) is 3.08. The summed E-state index contributed by atoms with van der Waals surface area (Å²) in [5.41, 5.74) is 2.25. The Morgan fingerprint density at radius 3 is 2.84 bits per heavy atom. The second-order valence-corrected chi connectivity index (χ2v) is 6.99. The average molecular weight is 360 g/mol.